The molecule has 9 saturated carbocycles. The zero-order chi connectivity index (χ0) is 23.2. The maximum absolute atomic E-state index is 11.2. The SMILES string of the molecule is CC1CC(C)C2C1C1CCCC3CC4CCC5C6CCCCC6C6C7CC(O)CCC7C2(C31)C4C56. The predicted molar refractivity (Wildman–Crippen MR) is 140 cm³/mol. The fourth-order valence-electron chi connectivity index (χ4n) is 16.4. The second kappa shape index (κ2) is 7.33. The molecular weight excluding hydrogens is 424 g/mol. The standard InChI is InChI=1S/C34H52O/c1-17-14-18(2)31-28(17)25-9-5-6-19-15-20-10-12-24-22-7-3-4-8-23(22)29-26-16-21(35)11-13-27(26)34(31,32(19)25)33(20)30(24)29/h17-33,35H,3-16H2,1-2H3. The van der Waals surface area contributed by atoms with Crippen LogP contribution in [0.1, 0.15) is 104 Å². The van der Waals surface area contributed by atoms with Gasteiger partial charge in [-0.1, -0.05) is 39.5 Å². The summed E-state index contributed by atoms with van der Waals surface area (Å²) in [5, 5.41) is 11.2. The topological polar surface area (TPSA) is 20.2 Å². The van der Waals surface area contributed by atoms with Gasteiger partial charge in [-0.3, -0.25) is 0 Å². The van der Waals surface area contributed by atoms with Gasteiger partial charge in [-0.05, 0) is 164 Å². The molecule has 0 amide bonds. The Balaban J connectivity index is 1.28. The molecule has 0 aromatic carbocycles. The van der Waals surface area contributed by atoms with E-state index in [0.29, 0.717) is 5.41 Å². The zero-order valence-electron chi connectivity index (χ0n) is 22.7. The highest BCUT2D eigenvalue weighted by molar-refractivity contribution is 5.26. The molecule has 0 saturated heterocycles. The van der Waals surface area contributed by atoms with Gasteiger partial charge in [0.05, 0.1) is 6.10 Å². The van der Waals surface area contributed by atoms with Crippen molar-refractivity contribution >= 4 is 0 Å². The average molecular weight is 477 g/mol. The number of rotatable bonds is 0. The Kier molecular flexibility index (Phi) is 4.57. The summed E-state index contributed by atoms with van der Waals surface area (Å²) >= 11 is 0. The zero-order valence-corrected chi connectivity index (χ0v) is 22.7. The van der Waals surface area contributed by atoms with E-state index in [1.807, 2.05) is 0 Å². The third kappa shape index (κ3) is 2.45. The Morgan fingerprint density at radius 1 is 0.514 bits per heavy atom. The van der Waals surface area contributed by atoms with Crippen molar-refractivity contribution in [2.45, 2.75) is 110 Å². The van der Waals surface area contributed by atoms with Gasteiger partial charge in [0.15, 0.2) is 0 Å². The highest BCUT2D eigenvalue weighted by atomic mass is 16.3. The average Bonchev–Trinajstić information content (AvgIpc) is 3.47. The van der Waals surface area contributed by atoms with Crippen molar-refractivity contribution in [2.24, 2.45) is 100 Å². The summed E-state index contributed by atoms with van der Waals surface area (Å²) in [5.41, 5.74) is 0.686. The van der Waals surface area contributed by atoms with Crippen molar-refractivity contribution in [3.05, 3.63) is 0 Å². The van der Waals surface area contributed by atoms with Gasteiger partial charge >= 0.3 is 0 Å². The minimum Gasteiger partial charge on any atom is -0.393 e. The number of fused-ring (bicyclic) bond motifs is 7. The maximum atomic E-state index is 11.2. The van der Waals surface area contributed by atoms with Gasteiger partial charge < -0.3 is 5.11 Å². The molecule has 9 aliphatic rings. The van der Waals surface area contributed by atoms with E-state index in [2.05, 4.69) is 13.8 Å². The van der Waals surface area contributed by atoms with Crippen LogP contribution in [0.4, 0.5) is 0 Å². The van der Waals surface area contributed by atoms with E-state index in [1.54, 1.807) is 51.4 Å². The lowest BCUT2D eigenvalue weighted by atomic mass is 9.33. The Morgan fingerprint density at radius 2 is 1.29 bits per heavy atom. The third-order valence-electron chi connectivity index (χ3n) is 16.0. The van der Waals surface area contributed by atoms with Gasteiger partial charge in [0, 0.05) is 0 Å². The Labute approximate surface area is 215 Å². The molecule has 0 aromatic rings. The van der Waals surface area contributed by atoms with Gasteiger partial charge in [0.2, 0.25) is 0 Å². The minimum atomic E-state index is 0.0170. The summed E-state index contributed by atoms with van der Waals surface area (Å²) in [6, 6.07) is 0. The van der Waals surface area contributed by atoms with Crippen LogP contribution >= 0.6 is 0 Å². The second-order valence-electron chi connectivity index (χ2n) is 16.4. The van der Waals surface area contributed by atoms with Gasteiger partial charge in [0.25, 0.3) is 0 Å². The maximum Gasteiger partial charge on any atom is 0.0543 e. The molecule has 0 heterocycles. The first-order chi connectivity index (χ1) is 17.1. The third-order valence-corrected chi connectivity index (χ3v) is 16.0. The van der Waals surface area contributed by atoms with Crippen molar-refractivity contribution in [2.75, 3.05) is 0 Å². The van der Waals surface area contributed by atoms with Crippen LogP contribution in [-0.4, -0.2) is 11.2 Å². The van der Waals surface area contributed by atoms with E-state index in [4.69, 9.17) is 0 Å². The number of aliphatic hydroxyl groups excluding tert-OH is 1. The summed E-state index contributed by atoms with van der Waals surface area (Å²) in [6.45, 7) is 5.43. The molecule has 194 valence electrons. The molecular formula is C34H52O. The van der Waals surface area contributed by atoms with Crippen LogP contribution in [0.15, 0.2) is 0 Å². The summed E-state index contributed by atoms with van der Waals surface area (Å²) in [5.74, 6) is 16.6. The van der Waals surface area contributed by atoms with Gasteiger partial charge in [-0.25, -0.2) is 0 Å². The molecule has 9 aliphatic carbocycles. The van der Waals surface area contributed by atoms with Crippen molar-refractivity contribution in [3.8, 4) is 0 Å². The fourth-order valence-corrected chi connectivity index (χ4v) is 16.4. The van der Waals surface area contributed by atoms with E-state index < -0.39 is 0 Å². The largest absolute Gasteiger partial charge is 0.393 e. The lowest BCUT2D eigenvalue weighted by Crippen LogP contribution is -2.67. The monoisotopic (exact) mass is 476 g/mol. The summed E-state index contributed by atoms with van der Waals surface area (Å²) in [4.78, 5) is 0. The van der Waals surface area contributed by atoms with Crippen molar-refractivity contribution in [1.29, 1.82) is 0 Å². The van der Waals surface area contributed by atoms with Crippen LogP contribution in [0.2, 0.25) is 0 Å². The van der Waals surface area contributed by atoms with E-state index >= 15 is 0 Å². The van der Waals surface area contributed by atoms with Crippen molar-refractivity contribution < 1.29 is 5.11 Å². The Bertz CT molecular complexity index is 876. The van der Waals surface area contributed by atoms with E-state index in [1.165, 1.54) is 32.1 Å². The van der Waals surface area contributed by atoms with E-state index in [0.717, 1.165) is 101 Å². The number of hydrogen-bond donors (Lipinski definition) is 1. The minimum absolute atomic E-state index is 0.0170. The van der Waals surface area contributed by atoms with Crippen LogP contribution in [0.3, 0.4) is 0 Å². The number of hydrogen-bond acceptors (Lipinski definition) is 1. The van der Waals surface area contributed by atoms with Gasteiger partial charge in [0.1, 0.15) is 0 Å². The Hall–Kier alpha value is -0.0400. The highest BCUT2D eigenvalue weighted by Gasteiger charge is 2.79. The molecule has 18 unspecified atom stereocenters. The second-order valence-corrected chi connectivity index (χ2v) is 16.4. The van der Waals surface area contributed by atoms with E-state index in [-0.39, 0.29) is 6.10 Å². The first kappa shape index (κ1) is 21.8. The normalized spacial score (nSPS) is 67.8. The van der Waals surface area contributed by atoms with Crippen molar-refractivity contribution in [3.63, 3.8) is 0 Å². The molecule has 0 aromatic heterocycles. The number of aliphatic hydroxyl groups is 1. The van der Waals surface area contributed by atoms with Crippen LogP contribution in [0.25, 0.3) is 0 Å². The molecule has 0 radical (unpaired) electrons. The highest BCUT2D eigenvalue weighted by Crippen LogP contribution is 2.84. The lowest BCUT2D eigenvalue weighted by molar-refractivity contribution is -0.241. The first-order valence-corrected chi connectivity index (χ1v) is 16.8. The molecule has 35 heavy (non-hydrogen) atoms. The van der Waals surface area contributed by atoms with Gasteiger partial charge in [-0.15, -0.1) is 0 Å². The van der Waals surface area contributed by atoms with Crippen LogP contribution < -0.4 is 0 Å². The quantitative estimate of drug-likeness (QED) is 0.378. The summed E-state index contributed by atoms with van der Waals surface area (Å²) < 4.78 is 0. The first-order valence-electron chi connectivity index (χ1n) is 16.8. The van der Waals surface area contributed by atoms with Crippen LogP contribution in [-0.2, 0) is 0 Å². The molecule has 1 nitrogen and oxygen atoms in total. The summed E-state index contributed by atoms with van der Waals surface area (Å²) in [6.07, 6.45) is 21.0. The van der Waals surface area contributed by atoms with Crippen LogP contribution in [0, 0.1) is 100 Å². The van der Waals surface area contributed by atoms with Crippen molar-refractivity contribution in [1.82, 2.24) is 0 Å². The smallest absolute Gasteiger partial charge is 0.0543 e. The molecule has 9 fully saturated rings. The molecule has 0 bridgehead atoms. The molecule has 1 spiro atoms. The molecule has 18 atom stereocenters. The van der Waals surface area contributed by atoms with E-state index in [9.17, 15) is 5.11 Å². The fraction of sp³-hybridized carbons (Fsp3) is 1.00. The lowest BCUT2D eigenvalue weighted by Gasteiger charge is -2.71. The summed E-state index contributed by atoms with van der Waals surface area (Å²) in [7, 11) is 0. The molecule has 1 heteroatoms. The Morgan fingerprint density at radius 3 is 2.17 bits per heavy atom. The van der Waals surface area contributed by atoms with Crippen LogP contribution in [0.5, 0.6) is 0 Å². The molecule has 1 N–H and O–H groups in total. The molecule has 9 rings (SSSR count). The predicted octanol–water partition coefficient (Wildman–Crippen LogP) is 7.82. The molecule has 0 aliphatic heterocycles. The van der Waals surface area contributed by atoms with Gasteiger partial charge in [-0.2, -0.15) is 0 Å².